The maximum absolute atomic E-state index is 10.8. The number of carboxylic acid groups (broad SMARTS) is 1. The number of rotatable bonds is 4. The molecule has 0 radical (unpaired) electrons. The summed E-state index contributed by atoms with van der Waals surface area (Å²) in [5.41, 5.74) is 0.322. The second-order valence-corrected chi connectivity index (χ2v) is 4.84. The summed E-state index contributed by atoms with van der Waals surface area (Å²) in [7, 11) is 0. The second-order valence-electron chi connectivity index (χ2n) is 3.75. The van der Waals surface area contributed by atoms with Crippen LogP contribution in [0.15, 0.2) is 29.2 Å². The number of hydrogen-bond acceptors (Lipinski definition) is 4. The third-order valence-electron chi connectivity index (χ3n) is 2.49. The first kappa shape index (κ1) is 12.4. The maximum Gasteiger partial charge on any atom is 0.335 e. The van der Waals surface area contributed by atoms with Gasteiger partial charge in [-0.05, 0) is 24.6 Å². The van der Waals surface area contributed by atoms with Crippen LogP contribution in [0.1, 0.15) is 16.8 Å². The van der Waals surface area contributed by atoms with Crippen molar-refractivity contribution in [2.45, 2.75) is 17.4 Å². The number of benzene rings is 1. The van der Waals surface area contributed by atoms with Crippen molar-refractivity contribution in [2.24, 2.45) is 0 Å². The third-order valence-corrected chi connectivity index (χ3v) is 3.61. The second kappa shape index (κ2) is 6.05. The molecule has 1 N–H and O–H groups in total. The molecule has 1 aromatic carbocycles. The fourth-order valence-electron chi connectivity index (χ4n) is 1.54. The van der Waals surface area contributed by atoms with Gasteiger partial charge in [-0.25, -0.2) is 4.79 Å². The summed E-state index contributed by atoms with van der Waals surface area (Å²) in [5.74, 6) is -0.0679. The van der Waals surface area contributed by atoms with Crippen LogP contribution in [0.25, 0.3) is 0 Å². The van der Waals surface area contributed by atoms with Crippen molar-refractivity contribution in [3.8, 4) is 0 Å². The molecule has 0 aliphatic carbocycles. The summed E-state index contributed by atoms with van der Waals surface area (Å²) in [6, 6.07) is 6.96. The average Bonchev–Trinajstić information content (AvgIpc) is 2.38. The fourth-order valence-corrected chi connectivity index (χ4v) is 2.57. The number of ether oxygens (including phenoxy) is 2. The topological polar surface area (TPSA) is 55.8 Å². The molecule has 2 rings (SSSR count). The summed E-state index contributed by atoms with van der Waals surface area (Å²) in [6.07, 6.45) is 1.09. The minimum Gasteiger partial charge on any atom is -0.478 e. The summed E-state index contributed by atoms with van der Waals surface area (Å²) < 4.78 is 10.5. The normalized spacial score (nSPS) is 20.1. The molecule has 92 valence electrons. The van der Waals surface area contributed by atoms with Gasteiger partial charge in [-0.2, -0.15) is 0 Å². The molecule has 0 bridgehead atoms. The van der Waals surface area contributed by atoms with Gasteiger partial charge in [-0.3, -0.25) is 0 Å². The lowest BCUT2D eigenvalue weighted by atomic mass is 10.2. The van der Waals surface area contributed by atoms with Gasteiger partial charge in [0.1, 0.15) is 6.79 Å². The molecule has 0 spiro atoms. The van der Waals surface area contributed by atoms with E-state index in [1.807, 2.05) is 6.07 Å². The lowest BCUT2D eigenvalue weighted by Gasteiger charge is -2.22. The van der Waals surface area contributed by atoms with Gasteiger partial charge in [-0.1, -0.05) is 6.07 Å². The van der Waals surface area contributed by atoms with Crippen LogP contribution in [0.5, 0.6) is 0 Å². The molecular formula is C12H14O4S. The molecule has 1 aliphatic heterocycles. The number of aromatic carboxylic acids is 1. The zero-order valence-electron chi connectivity index (χ0n) is 9.30. The first-order valence-corrected chi connectivity index (χ1v) is 6.40. The highest BCUT2D eigenvalue weighted by molar-refractivity contribution is 7.99. The Morgan fingerprint density at radius 2 is 2.41 bits per heavy atom. The van der Waals surface area contributed by atoms with Crippen LogP contribution in [-0.4, -0.2) is 36.3 Å². The van der Waals surface area contributed by atoms with Crippen molar-refractivity contribution < 1.29 is 19.4 Å². The Labute approximate surface area is 104 Å². The summed E-state index contributed by atoms with van der Waals surface area (Å²) in [4.78, 5) is 11.8. The number of hydrogen-bond donors (Lipinski definition) is 1. The fraction of sp³-hybridized carbons (Fsp3) is 0.417. The molecule has 17 heavy (non-hydrogen) atoms. The van der Waals surface area contributed by atoms with Gasteiger partial charge in [0.05, 0.1) is 18.3 Å². The van der Waals surface area contributed by atoms with Crippen LogP contribution < -0.4 is 0 Å². The number of carboxylic acids is 1. The van der Waals surface area contributed by atoms with Crippen LogP contribution in [-0.2, 0) is 9.47 Å². The van der Waals surface area contributed by atoms with Crippen molar-refractivity contribution in [1.82, 2.24) is 0 Å². The van der Waals surface area contributed by atoms with E-state index in [0.29, 0.717) is 12.4 Å². The molecule has 0 saturated carbocycles. The summed E-state index contributed by atoms with van der Waals surface area (Å²) in [6.45, 7) is 1.10. The molecule has 1 heterocycles. The van der Waals surface area contributed by atoms with E-state index in [1.54, 1.807) is 30.0 Å². The number of thioether (sulfide) groups is 1. The molecule has 1 aliphatic rings. The molecule has 0 amide bonds. The number of carbonyl (C=O) groups is 1. The van der Waals surface area contributed by atoms with Crippen LogP contribution in [0, 0.1) is 0 Å². The zero-order valence-corrected chi connectivity index (χ0v) is 10.1. The van der Waals surface area contributed by atoms with E-state index in [-0.39, 0.29) is 6.10 Å². The van der Waals surface area contributed by atoms with Gasteiger partial charge < -0.3 is 14.6 Å². The Kier molecular flexibility index (Phi) is 4.42. The van der Waals surface area contributed by atoms with E-state index in [9.17, 15) is 4.79 Å². The Balaban J connectivity index is 1.89. The molecule has 1 saturated heterocycles. The standard InChI is InChI=1S/C12H14O4S/c13-12(14)9-2-1-3-11(6-9)17-7-10-4-5-15-8-16-10/h1-3,6,10H,4-5,7-8H2,(H,13,14). The van der Waals surface area contributed by atoms with Crippen molar-refractivity contribution in [1.29, 1.82) is 0 Å². The van der Waals surface area contributed by atoms with Gasteiger partial charge in [0.2, 0.25) is 0 Å². The first-order valence-electron chi connectivity index (χ1n) is 5.41. The van der Waals surface area contributed by atoms with E-state index in [1.165, 1.54) is 0 Å². The van der Waals surface area contributed by atoms with Crippen LogP contribution >= 0.6 is 11.8 Å². The molecule has 1 fully saturated rings. The van der Waals surface area contributed by atoms with Gasteiger partial charge in [-0.15, -0.1) is 11.8 Å². The first-order chi connectivity index (χ1) is 8.25. The highest BCUT2D eigenvalue weighted by atomic mass is 32.2. The quantitative estimate of drug-likeness (QED) is 0.835. The Morgan fingerprint density at radius 1 is 1.53 bits per heavy atom. The minimum atomic E-state index is -0.894. The van der Waals surface area contributed by atoms with E-state index in [2.05, 4.69) is 0 Å². The van der Waals surface area contributed by atoms with Gasteiger partial charge in [0.25, 0.3) is 0 Å². The largest absolute Gasteiger partial charge is 0.478 e. The molecule has 1 unspecified atom stereocenters. The van der Waals surface area contributed by atoms with Crippen LogP contribution in [0.4, 0.5) is 0 Å². The molecular weight excluding hydrogens is 240 g/mol. The van der Waals surface area contributed by atoms with Crippen molar-refractivity contribution in [2.75, 3.05) is 19.2 Å². The summed E-state index contributed by atoms with van der Waals surface area (Å²) >= 11 is 1.61. The minimum absolute atomic E-state index is 0.197. The highest BCUT2D eigenvalue weighted by Crippen LogP contribution is 2.22. The molecule has 0 aromatic heterocycles. The van der Waals surface area contributed by atoms with E-state index in [0.717, 1.165) is 23.7 Å². The average molecular weight is 254 g/mol. The molecule has 1 atom stereocenters. The van der Waals surface area contributed by atoms with E-state index in [4.69, 9.17) is 14.6 Å². The van der Waals surface area contributed by atoms with Crippen molar-refractivity contribution >= 4 is 17.7 Å². The Morgan fingerprint density at radius 3 is 3.12 bits per heavy atom. The smallest absolute Gasteiger partial charge is 0.335 e. The third kappa shape index (κ3) is 3.73. The Hall–Kier alpha value is -1.04. The monoisotopic (exact) mass is 254 g/mol. The van der Waals surface area contributed by atoms with Crippen LogP contribution in [0.2, 0.25) is 0 Å². The molecule has 1 aromatic rings. The maximum atomic E-state index is 10.8. The van der Waals surface area contributed by atoms with Crippen molar-refractivity contribution in [3.05, 3.63) is 29.8 Å². The molecule has 4 nitrogen and oxygen atoms in total. The van der Waals surface area contributed by atoms with Crippen molar-refractivity contribution in [3.63, 3.8) is 0 Å². The highest BCUT2D eigenvalue weighted by Gasteiger charge is 2.14. The van der Waals surface area contributed by atoms with Gasteiger partial charge in [0, 0.05) is 10.6 Å². The van der Waals surface area contributed by atoms with Crippen LogP contribution in [0.3, 0.4) is 0 Å². The summed E-state index contributed by atoms with van der Waals surface area (Å²) in [5, 5.41) is 8.88. The van der Waals surface area contributed by atoms with Gasteiger partial charge in [0.15, 0.2) is 0 Å². The lowest BCUT2D eigenvalue weighted by Crippen LogP contribution is -2.25. The lowest BCUT2D eigenvalue weighted by molar-refractivity contribution is -0.130. The van der Waals surface area contributed by atoms with Gasteiger partial charge >= 0.3 is 5.97 Å². The zero-order chi connectivity index (χ0) is 12.1. The SMILES string of the molecule is O=C(O)c1cccc(SCC2CCOCO2)c1. The predicted octanol–water partition coefficient (Wildman–Crippen LogP) is 2.24. The van der Waals surface area contributed by atoms with E-state index >= 15 is 0 Å². The van der Waals surface area contributed by atoms with E-state index < -0.39 is 5.97 Å². The molecule has 5 heteroatoms. The Bertz CT molecular complexity index is 388. The predicted molar refractivity (Wildman–Crippen MR) is 64.4 cm³/mol.